The Hall–Kier alpha value is -1.13. The lowest BCUT2D eigenvalue weighted by atomic mass is 10.1. The molecule has 0 aromatic heterocycles. The maximum absolute atomic E-state index is 5.77. The Bertz CT molecular complexity index is 429. The summed E-state index contributed by atoms with van der Waals surface area (Å²) < 4.78 is 5.77. The summed E-state index contributed by atoms with van der Waals surface area (Å²) in [6, 6.07) is 8.22. The molecule has 118 valence electrons. The topological polar surface area (TPSA) is 38.5 Å². The Morgan fingerprint density at radius 3 is 2.29 bits per heavy atom. The van der Waals surface area contributed by atoms with Gasteiger partial charge in [-0.25, -0.2) is 0 Å². The van der Waals surface area contributed by atoms with Gasteiger partial charge in [0, 0.05) is 24.7 Å². The second-order valence-electron chi connectivity index (χ2n) is 6.07. The quantitative estimate of drug-likeness (QED) is 0.560. The average molecular weight is 308 g/mol. The van der Waals surface area contributed by atoms with E-state index in [2.05, 4.69) is 32.6 Å². The van der Waals surface area contributed by atoms with Crippen LogP contribution >= 0.6 is 12.2 Å². The van der Waals surface area contributed by atoms with Gasteiger partial charge in [-0.3, -0.25) is 0 Å². The van der Waals surface area contributed by atoms with Crippen LogP contribution < -0.4 is 10.5 Å². The van der Waals surface area contributed by atoms with Gasteiger partial charge in [-0.15, -0.1) is 0 Å². The predicted octanol–water partition coefficient (Wildman–Crippen LogP) is 3.46. The molecule has 0 aliphatic carbocycles. The van der Waals surface area contributed by atoms with Crippen molar-refractivity contribution in [1.29, 1.82) is 0 Å². The Labute approximate surface area is 134 Å². The molecule has 1 aromatic rings. The van der Waals surface area contributed by atoms with Crippen molar-refractivity contribution in [3.8, 4) is 5.75 Å². The maximum Gasteiger partial charge on any atom is 0.119 e. The molecule has 1 rings (SSSR count). The van der Waals surface area contributed by atoms with Crippen LogP contribution in [0.3, 0.4) is 0 Å². The van der Waals surface area contributed by atoms with Gasteiger partial charge in [0.25, 0.3) is 0 Å². The highest BCUT2D eigenvalue weighted by atomic mass is 32.1. The van der Waals surface area contributed by atoms with E-state index in [0.29, 0.717) is 16.9 Å². The molecular weight excluding hydrogens is 280 g/mol. The third kappa shape index (κ3) is 6.91. The molecule has 0 saturated heterocycles. The largest absolute Gasteiger partial charge is 0.494 e. The minimum absolute atomic E-state index is 0.419. The second kappa shape index (κ2) is 9.00. The second-order valence-corrected chi connectivity index (χ2v) is 6.51. The van der Waals surface area contributed by atoms with Gasteiger partial charge in [0.2, 0.25) is 0 Å². The van der Waals surface area contributed by atoms with Crippen LogP contribution in [-0.2, 0) is 0 Å². The van der Waals surface area contributed by atoms with E-state index in [1.807, 2.05) is 24.3 Å². The summed E-state index contributed by atoms with van der Waals surface area (Å²) in [4.78, 5) is 2.92. The Morgan fingerprint density at radius 1 is 1.19 bits per heavy atom. The van der Waals surface area contributed by atoms with Crippen molar-refractivity contribution in [3.63, 3.8) is 0 Å². The number of hydrogen-bond acceptors (Lipinski definition) is 3. The van der Waals surface area contributed by atoms with E-state index in [-0.39, 0.29) is 0 Å². The molecule has 21 heavy (non-hydrogen) atoms. The zero-order chi connectivity index (χ0) is 15.8. The molecule has 0 saturated carbocycles. The van der Waals surface area contributed by atoms with Crippen LogP contribution in [0.4, 0.5) is 0 Å². The van der Waals surface area contributed by atoms with Crippen molar-refractivity contribution >= 4 is 17.2 Å². The van der Waals surface area contributed by atoms with Crippen molar-refractivity contribution in [2.45, 2.75) is 40.2 Å². The summed E-state index contributed by atoms with van der Waals surface area (Å²) in [5, 5.41) is 0. The molecule has 2 N–H and O–H groups in total. The summed E-state index contributed by atoms with van der Waals surface area (Å²) in [5.74, 6) is 1.57. The SMILES string of the molecule is CC(C)CN(CCCOc1ccc(C(N)=S)cc1)C(C)C. The molecule has 0 unspecified atom stereocenters. The smallest absolute Gasteiger partial charge is 0.119 e. The predicted molar refractivity (Wildman–Crippen MR) is 94.0 cm³/mol. The molecule has 0 bridgehead atoms. The average Bonchev–Trinajstić information content (AvgIpc) is 2.42. The molecule has 0 spiro atoms. The van der Waals surface area contributed by atoms with Crippen molar-refractivity contribution < 1.29 is 4.74 Å². The van der Waals surface area contributed by atoms with Gasteiger partial charge in [-0.2, -0.15) is 0 Å². The summed E-state index contributed by atoms with van der Waals surface area (Å²) in [6.07, 6.45) is 1.03. The highest BCUT2D eigenvalue weighted by Gasteiger charge is 2.10. The molecule has 0 amide bonds. The molecule has 0 atom stereocenters. The maximum atomic E-state index is 5.77. The first kappa shape index (κ1) is 17.9. The van der Waals surface area contributed by atoms with Crippen LogP contribution in [0.25, 0.3) is 0 Å². The van der Waals surface area contributed by atoms with Gasteiger partial charge in [-0.1, -0.05) is 26.1 Å². The van der Waals surface area contributed by atoms with Crippen LogP contribution in [0.15, 0.2) is 24.3 Å². The number of hydrogen-bond donors (Lipinski definition) is 1. The fourth-order valence-corrected chi connectivity index (χ4v) is 2.34. The van der Waals surface area contributed by atoms with Crippen molar-refractivity contribution in [2.75, 3.05) is 19.7 Å². The van der Waals surface area contributed by atoms with Gasteiger partial charge in [0.1, 0.15) is 10.7 Å². The summed E-state index contributed by atoms with van der Waals surface area (Å²) >= 11 is 4.93. The third-order valence-electron chi connectivity index (χ3n) is 3.33. The van der Waals surface area contributed by atoms with E-state index < -0.39 is 0 Å². The van der Waals surface area contributed by atoms with E-state index in [9.17, 15) is 0 Å². The minimum atomic E-state index is 0.419. The summed E-state index contributed by atoms with van der Waals surface area (Å²) in [5.41, 5.74) is 6.45. The van der Waals surface area contributed by atoms with Crippen molar-refractivity contribution in [3.05, 3.63) is 29.8 Å². The molecule has 0 heterocycles. The molecule has 0 aliphatic heterocycles. The van der Waals surface area contributed by atoms with Crippen LogP contribution in [0, 0.1) is 5.92 Å². The van der Waals surface area contributed by atoms with Crippen LogP contribution in [0.2, 0.25) is 0 Å². The molecule has 0 aliphatic rings. The number of benzene rings is 1. The van der Waals surface area contributed by atoms with E-state index in [0.717, 1.165) is 37.4 Å². The van der Waals surface area contributed by atoms with Crippen molar-refractivity contribution in [2.24, 2.45) is 11.7 Å². The first-order chi connectivity index (χ1) is 9.90. The van der Waals surface area contributed by atoms with E-state index in [1.54, 1.807) is 0 Å². The van der Waals surface area contributed by atoms with Crippen molar-refractivity contribution in [1.82, 2.24) is 4.90 Å². The number of nitrogens with zero attached hydrogens (tertiary/aromatic N) is 1. The molecule has 4 heteroatoms. The summed E-state index contributed by atoms with van der Waals surface area (Å²) in [7, 11) is 0. The Balaban J connectivity index is 2.34. The normalized spacial score (nSPS) is 11.4. The first-order valence-electron chi connectivity index (χ1n) is 7.67. The lowest BCUT2D eigenvalue weighted by Crippen LogP contribution is -2.35. The van der Waals surface area contributed by atoms with Crippen LogP contribution in [0.5, 0.6) is 5.75 Å². The van der Waals surface area contributed by atoms with E-state index in [4.69, 9.17) is 22.7 Å². The standard InChI is InChI=1S/C17H28N2OS/c1-13(2)12-19(14(3)4)10-5-11-20-16-8-6-15(7-9-16)17(18)21/h6-9,13-14H,5,10-12H2,1-4H3,(H2,18,21). The number of nitrogens with two attached hydrogens (primary N) is 1. The number of thiocarbonyl (C=S) groups is 1. The van der Waals surface area contributed by atoms with Crippen LogP contribution in [-0.4, -0.2) is 35.6 Å². The van der Waals surface area contributed by atoms with Gasteiger partial charge in [0.15, 0.2) is 0 Å². The molecular formula is C17H28N2OS. The fourth-order valence-electron chi connectivity index (χ4n) is 2.20. The van der Waals surface area contributed by atoms with E-state index in [1.165, 1.54) is 0 Å². The fraction of sp³-hybridized carbons (Fsp3) is 0.588. The third-order valence-corrected chi connectivity index (χ3v) is 3.56. The van der Waals surface area contributed by atoms with Gasteiger partial charge < -0.3 is 15.4 Å². The lowest BCUT2D eigenvalue weighted by molar-refractivity contribution is 0.179. The van der Waals surface area contributed by atoms with Gasteiger partial charge >= 0.3 is 0 Å². The van der Waals surface area contributed by atoms with Gasteiger partial charge in [0.05, 0.1) is 6.61 Å². The zero-order valence-corrected chi connectivity index (χ0v) is 14.5. The summed E-state index contributed by atoms with van der Waals surface area (Å²) in [6.45, 7) is 12.0. The van der Waals surface area contributed by atoms with E-state index >= 15 is 0 Å². The molecule has 0 radical (unpaired) electrons. The molecule has 1 aromatic carbocycles. The Kier molecular flexibility index (Phi) is 7.68. The monoisotopic (exact) mass is 308 g/mol. The number of rotatable bonds is 9. The first-order valence-corrected chi connectivity index (χ1v) is 8.07. The molecule has 0 fully saturated rings. The zero-order valence-electron chi connectivity index (χ0n) is 13.6. The van der Waals surface area contributed by atoms with Crippen LogP contribution in [0.1, 0.15) is 39.7 Å². The Morgan fingerprint density at radius 2 is 1.81 bits per heavy atom. The minimum Gasteiger partial charge on any atom is -0.494 e. The lowest BCUT2D eigenvalue weighted by Gasteiger charge is -2.28. The van der Waals surface area contributed by atoms with Gasteiger partial charge in [-0.05, 0) is 50.5 Å². The highest BCUT2D eigenvalue weighted by molar-refractivity contribution is 7.80. The highest BCUT2D eigenvalue weighted by Crippen LogP contribution is 2.13. The molecule has 3 nitrogen and oxygen atoms in total. The number of ether oxygens (including phenoxy) is 1.